The second-order valence-corrected chi connectivity index (χ2v) is 7.11. The molecule has 0 saturated carbocycles. The van der Waals surface area contributed by atoms with Crippen molar-refractivity contribution in [2.45, 2.75) is 64.0 Å². The van der Waals surface area contributed by atoms with Crippen LogP contribution in [-0.2, 0) is 0 Å². The summed E-state index contributed by atoms with van der Waals surface area (Å²) in [5.41, 5.74) is 0. The van der Waals surface area contributed by atoms with Crippen LogP contribution in [0.4, 0.5) is 0 Å². The van der Waals surface area contributed by atoms with E-state index < -0.39 is 0 Å². The first-order valence-electron chi connectivity index (χ1n) is 9.07. The molecule has 0 aromatic carbocycles. The number of fused-ring (bicyclic) bond motifs is 1. The summed E-state index contributed by atoms with van der Waals surface area (Å²) in [4.78, 5) is 8.32. The van der Waals surface area contributed by atoms with E-state index in [1.165, 1.54) is 90.8 Å². The molecule has 3 heteroatoms. The van der Waals surface area contributed by atoms with Crippen molar-refractivity contribution in [2.75, 3.05) is 45.8 Å². The Balaban J connectivity index is 1.52. The van der Waals surface area contributed by atoms with Crippen molar-refractivity contribution in [2.24, 2.45) is 0 Å². The van der Waals surface area contributed by atoms with Crippen molar-refractivity contribution in [1.29, 1.82) is 0 Å². The minimum Gasteiger partial charge on any atom is -0.303 e. The highest BCUT2D eigenvalue weighted by Gasteiger charge is 2.31. The van der Waals surface area contributed by atoms with Crippen LogP contribution in [0.15, 0.2) is 0 Å². The maximum Gasteiger partial charge on any atom is 0.0223 e. The van der Waals surface area contributed by atoms with Crippen LogP contribution < -0.4 is 0 Å². The Hall–Kier alpha value is -0.120. The molecule has 3 saturated heterocycles. The molecule has 0 aromatic heterocycles. The van der Waals surface area contributed by atoms with E-state index in [0.29, 0.717) is 0 Å². The van der Waals surface area contributed by atoms with Crippen LogP contribution in [-0.4, -0.2) is 72.6 Å². The van der Waals surface area contributed by atoms with E-state index in [-0.39, 0.29) is 0 Å². The van der Waals surface area contributed by atoms with Gasteiger partial charge >= 0.3 is 0 Å². The fraction of sp³-hybridized carbons (Fsp3) is 1.00. The van der Waals surface area contributed by atoms with Crippen molar-refractivity contribution in [1.82, 2.24) is 14.7 Å². The number of piperidine rings is 2. The number of rotatable bonds is 3. The third kappa shape index (κ3) is 3.55. The van der Waals surface area contributed by atoms with Crippen molar-refractivity contribution < 1.29 is 0 Å². The predicted octanol–water partition coefficient (Wildman–Crippen LogP) is 2.42. The molecule has 0 amide bonds. The topological polar surface area (TPSA) is 9.72 Å². The van der Waals surface area contributed by atoms with Gasteiger partial charge in [0.25, 0.3) is 0 Å². The molecule has 3 heterocycles. The number of hydrogen-bond acceptors (Lipinski definition) is 3. The molecule has 0 bridgehead atoms. The van der Waals surface area contributed by atoms with Crippen molar-refractivity contribution >= 4 is 0 Å². The molecule has 0 aromatic rings. The summed E-state index contributed by atoms with van der Waals surface area (Å²) in [5, 5.41) is 0. The average molecular weight is 279 g/mol. The van der Waals surface area contributed by atoms with Crippen LogP contribution in [0, 0.1) is 0 Å². The number of nitrogens with zero attached hydrogens (tertiary/aromatic N) is 3. The summed E-state index contributed by atoms with van der Waals surface area (Å²) in [6.07, 6.45) is 9.87. The standard InChI is InChI=1S/C17H33N3/c1-2-9-18-13-7-16(8-14-18)20-12-5-11-19-10-4-3-6-17(19)15-20/h16-17H,2-15H2,1H3. The smallest absolute Gasteiger partial charge is 0.0223 e. The number of likely N-dealkylation sites (tertiary alicyclic amines) is 1. The maximum absolute atomic E-state index is 2.86. The third-order valence-corrected chi connectivity index (χ3v) is 5.70. The monoisotopic (exact) mass is 279 g/mol. The maximum atomic E-state index is 2.86. The molecule has 1 unspecified atom stereocenters. The van der Waals surface area contributed by atoms with Crippen molar-refractivity contribution in [3.05, 3.63) is 0 Å². The van der Waals surface area contributed by atoms with E-state index in [2.05, 4.69) is 21.6 Å². The van der Waals surface area contributed by atoms with Crippen LogP contribution in [0.25, 0.3) is 0 Å². The first-order chi connectivity index (χ1) is 9.86. The van der Waals surface area contributed by atoms with Crippen LogP contribution >= 0.6 is 0 Å². The fourth-order valence-electron chi connectivity index (χ4n) is 4.56. The summed E-state index contributed by atoms with van der Waals surface area (Å²) in [5.74, 6) is 0. The van der Waals surface area contributed by atoms with Gasteiger partial charge in [-0.25, -0.2) is 0 Å². The molecule has 3 fully saturated rings. The Labute approximate surface area is 125 Å². The average Bonchev–Trinajstić information content (AvgIpc) is 2.70. The molecule has 3 aliphatic heterocycles. The highest BCUT2D eigenvalue weighted by molar-refractivity contribution is 4.88. The lowest BCUT2D eigenvalue weighted by atomic mass is 9.99. The van der Waals surface area contributed by atoms with E-state index in [1.807, 2.05) is 0 Å². The minimum absolute atomic E-state index is 0.875. The van der Waals surface area contributed by atoms with Gasteiger partial charge in [0.05, 0.1) is 0 Å². The van der Waals surface area contributed by atoms with Crippen molar-refractivity contribution in [3.8, 4) is 0 Å². The van der Waals surface area contributed by atoms with Gasteiger partial charge in [0, 0.05) is 18.6 Å². The number of hydrogen-bond donors (Lipinski definition) is 0. The van der Waals surface area contributed by atoms with Gasteiger partial charge in [-0.3, -0.25) is 9.80 Å². The summed E-state index contributed by atoms with van der Waals surface area (Å²) < 4.78 is 0. The first kappa shape index (κ1) is 14.8. The normalized spacial score (nSPS) is 31.9. The Morgan fingerprint density at radius 3 is 2.30 bits per heavy atom. The first-order valence-corrected chi connectivity index (χ1v) is 9.07. The summed E-state index contributed by atoms with van der Waals surface area (Å²) >= 11 is 0. The SMILES string of the molecule is CCCN1CCC(N2CCCN3CCCCC3C2)CC1. The molecule has 20 heavy (non-hydrogen) atoms. The van der Waals surface area contributed by atoms with Gasteiger partial charge in [-0.15, -0.1) is 0 Å². The van der Waals surface area contributed by atoms with E-state index in [9.17, 15) is 0 Å². The molecule has 0 radical (unpaired) electrons. The quantitative estimate of drug-likeness (QED) is 0.785. The molecule has 3 nitrogen and oxygen atoms in total. The van der Waals surface area contributed by atoms with Gasteiger partial charge in [0.2, 0.25) is 0 Å². The molecule has 0 spiro atoms. The summed E-state index contributed by atoms with van der Waals surface area (Å²) in [7, 11) is 0. The molecule has 3 aliphatic rings. The van der Waals surface area contributed by atoms with E-state index >= 15 is 0 Å². The van der Waals surface area contributed by atoms with E-state index in [4.69, 9.17) is 0 Å². The fourth-order valence-corrected chi connectivity index (χ4v) is 4.56. The Morgan fingerprint density at radius 1 is 0.750 bits per heavy atom. The summed E-state index contributed by atoms with van der Waals surface area (Å²) in [6.45, 7) is 11.7. The van der Waals surface area contributed by atoms with Gasteiger partial charge in [0.1, 0.15) is 0 Å². The molecule has 0 N–H and O–H groups in total. The van der Waals surface area contributed by atoms with Crippen molar-refractivity contribution in [3.63, 3.8) is 0 Å². The zero-order chi connectivity index (χ0) is 13.8. The zero-order valence-corrected chi connectivity index (χ0v) is 13.4. The molecular weight excluding hydrogens is 246 g/mol. The summed E-state index contributed by atoms with van der Waals surface area (Å²) in [6, 6.07) is 1.75. The van der Waals surface area contributed by atoms with E-state index in [0.717, 1.165) is 12.1 Å². The van der Waals surface area contributed by atoms with Gasteiger partial charge in [-0.05, 0) is 77.8 Å². The van der Waals surface area contributed by atoms with E-state index in [1.54, 1.807) is 0 Å². The van der Waals surface area contributed by atoms with Crippen LogP contribution in [0.3, 0.4) is 0 Å². The van der Waals surface area contributed by atoms with Crippen LogP contribution in [0.1, 0.15) is 51.9 Å². The predicted molar refractivity (Wildman–Crippen MR) is 85.2 cm³/mol. The lowest BCUT2D eigenvalue weighted by Gasteiger charge is -2.40. The Bertz CT molecular complexity index is 286. The van der Waals surface area contributed by atoms with Crippen LogP contribution in [0.5, 0.6) is 0 Å². The largest absolute Gasteiger partial charge is 0.303 e. The molecule has 116 valence electrons. The zero-order valence-electron chi connectivity index (χ0n) is 13.4. The molecule has 0 aliphatic carbocycles. The Morgan fingerprint density at radius 2 is 1.50 bits per heavy atom. The lowest BCUT2D eigenvalue weighted by molar-refractivity contribution is 0.0841. The highest BCUT2D eigenvalue weighted by Crippen LogP contribution is 2.25. The Kier molecular flexibility index (Phi) is 5.36. The van der Waals surface area contributed by atoms with Gasteiger partial charge < -0.3 is 4.90 Å². The molecular formula is C17H33N3. The third-order valence-electron chi connectivity index (χ3n) is 5.70. The minimum atomic E-state index is 0.875. The van der Waals surface area contributed by atoms with Gasteiger partial charge in [-0.1, -0.05) is 13.3 Å². The second kappa shape index (κ2) is 7.24. The molecule has 1 atom stereocenters. The van der Waals surface area contributed by atoms with Gasteiger partial charge in [-0.2, -0.15) is 0 Å². The lowest BCUT2D eigenvalue weighted by Crippen LogP contribution is -2.49. The molecule has 3 rings (SSSR count). The highest BCUT2D eigenvalue weighted by atomic mass is 15.3. The second-order valence-electron chi connectivity index (χ2n) is 7.11. The van der Waals surface area contributed by atoms with Crippen LogP contribution in [0.2, 0.25) is 0 Å². The van der Waals surface area contributed by atoms with Gasteiger partial charge in [0.15, 0.2) is 0 Å².